The van der Waals surface area contributed by atoms with Crippen LogP contribution in [-0.4, -0.2) is 60.2 Å². The fourth-order valence-corrected chi connectivity index (χ4v) is 4.79. The molecule has 2 heterocycles. The Labute approximate surface area is 185 Å². The van der Waals surface area contributed by atoms with Crippen LogP contribution in [0.3, 0.4) is 0 Å². The van der Waals surface area contributed by atoms with Gasteiger partial charge in [0.15, 0.2) is 0 Å². The fourth-order valence-electron chi connectivity index (χ4n) is 4.79. The van der Waals surface area contributed by atoms with Gasteiger partial charge in [-0.05, 0) is 43.2 Å². The maximum absolute atomic E-state index is 13.9. The van der Waals surface area contributed by atoms with Crippen molar-refractivity contribution in [2.45, 2.75) is 44.9 Å². The van der Waals surface area contributed by atoms with Crippen LogP contribution >= 0.6 is 0 Å². The Kier molecular flexibility index (Phi) is 7.52. The van der Waals surface area contributed by atoms with Crippen molar-refractivity contribution < 1.29 is 14.4 Å². The average Bonchev–Trinajstić information content (AvgIpc) is 2.82. The molecule has 0 bridgehead atoms. The molecule has 6 heteroatoms. The summed E-state index contributed by atoms with van der Waals surface area (Å²) in [6.45, 7) is 10.5. The van der Waals surface area contributed by atoms with E-state index in [2.05, 4.69) is 11.9 Å². The lowest BCUT2D eigenvalue weighted by Crippen LogP contribution is -2.56. The predicted molar refractivity (Wildman–Crippen MR) is 121 cm³/mol. The molecular formula is C25H35N3O3. The van der Waals surface area contributed by atoms with Crippen LogP contribution in [0.15, 0.2) is 43.0 Å². The van der Waals surface area contributed by atoms with E-state index in [9.17, 15) is 14.4 Å². The van der Waals surface area contributed by atoms with Gasteiger partial charge in [0.2, 0.25) is 17.7 Å². The molecule has 0 aromatic heterocycles. The molecule has 0 spiro atoms. The summed E-state index contributed by atoms with van der Waals surface area (Å²) < 4.78 is 0. The summed E-state index contributed by atoms with van der Waals surface area (Å²) in [5.74, 6) is 0.377. The van der Waals surface area contributed by atoms with Gasteiger partial charge in [0, 0.05) is 38.6 Å². The first-order valence-electron chi connectivity index (χ1n) is 11.4. The van der Waals surface area contributed by atoms with E-state index >= 15 is 0 Å². The van der Waals surface area contributed by atoms with Gasteiger partial charge in [0.25, 0.3) is 0 Å². The minimum Gasteiger partial charge on any atom is -0.356 e. The molecule has 168 valence electrons. The van der Waals surface area contributed by atoms with E-state index in [0.717, 1.165) is 24.9 Å². The molecule has 0 aliphatic carbocycles. The lowest BCUT2D eigenvalue weighted by atomic mass is 9.71. The molecule has 6 nitrogen and oxygen atoms in total. The van der Waals surface area contributed by atoms with Crippen molar-refractivity contribution in [1.29, 1.82) is 0 Å². The summed E-state index contributed by atoms with van der Waals surface area (Å²) in [5, 5.41) is 3.03. The maximum Gasteiger partial charge on any atom is 0.245 e. The van der Waals surface area contributed by atoms with Gasteiger partial charge in [-0.25, -0.2) is 0 Å². The Morgan fingerprint density at radius 1 is 1.13 bits per heavy atom. The average molecular weight is 426 g/mol. The highest BCUT2D eigenvalue weighted by Gasteiger charge is 2.46. The van der Waals surface area contributed by atoms with Crippen LogP contribution in [0.1, 0.15) is 45.1 Å². The summed E-state index contributed by atoms with van der Waals surface area (Å²) >= 11 is 0. The normalized spacial score (nSPS) is 20.9. The van der Waals surface area contributed by atoms with Gasteiger partial charge in [-0.1, -0.05) is 50.8 Å². The summed E-state index contributed by atoms with van der Waals surface area (Å²) in [5.41, 5.74) is 0.420. The number of benzene rings is 1. The van der Waals surface area contributed by atoms with E-state index in [1.54, 1.807) is 4.90 Å². The highest BCUT2D eigenvalue weighted by atomic mass is 16.2. The Morgan fingerprint density at radius 2 is 1.81 bits per heavy atom. The summed E-state index contributed by atoms with van der Waals surface area (Å²) in [6.07, 6.45) is 4.53. The number of piperidine rings is 2. The highest BCUT2D eigenvalue weighted by molar-refractivity contribution is 5.90. The Morgan fingerprint density at radius 3 is 2.42 bits per heavy atom. The van der Waals surface area contributed by atoms with Gasteiger partial charge >= 0.3 is 0 Å². The van der Waals surface area contributed by atoms with E-state index in [1.807, 2.05) is 49.1 Å². The fraction of sp³-hybridized carbons (Fsp3) is 0.560. The molecule has 1 aromatic carbocycles. The molecule has 3 amide bonds. The number of nitrogens with zero attached hydrogens (tertiary/aromatic N) is 2. The van der Waals surface area contributed by atoms with Crippen molar-refractivity contribution in [3.05, 3.63) is 48.6 Å². The van der Waals surface area contributed by atoms with Gasteiger partial charge in [-0.15, -0.1) is 0 Å². The molecule has 0 saturated carbocycles. The van der Waals surface area contributed by atoms with Crippen molar-refractivity contribution in [2.75, 3.05) is 32.7 Å². The predicted octanol–water partition coefficient (Wildman–Crippen LogP) is 2.74. The van der Waals surface area contributed by atoms with Crippen molar-refractivity contribution in [2.24, 2.45) is 11.8 Å². The molecular weight excluding hydrogens is 390 g/mol. The quantitative estimate of drug-likeness (QED) is 0.713. The lowest BCUT2D eigenvalue weighted by molar-refractivity contribution is -0.143. The minimum absolute atomic E-state index is 0.0360. The molecule has 2 saturated heterocycles. The summed E-state index contributed by atoms with van der Waals surface area (Å²) in [6, 6.07) is 9.99. The van der Waals surface area contributed by atoms with Crippen LogP contribution in [0, 0.1) is 11.8 Å². The minimum atomic E-state index is -0.609. The first-order valence-corrected chi connectivity index (χ1v) is 11.4. The van der Waals surface area contributed by atoms with E-state index in [0.29, 0.717) is 39.0 Å². The zero-order valence-corrected chi connectivity index (χ0v) is 18.8. The molecule has 3 rings (SSSR count). The number of hydrogen-bond acceptors (Lipinski definition) is 3. The van der Waals surface area contributed by atoms with E-state index in [1.165, 1.54) is 6.08 Å². The maximum atomic E-state index is 13.9. The van der Waals surface area contributed by atoms with Crippen LogP contribution < -0.4 is 5.32 Å². The van der Waals surface area contributed by atoms with Crippen LogP contribution in [0.5, 0.6) is 0 Å². The second-order valence-corrected chi connectivity index (χ2v) is 9.14. The summed E-state index contributed by atoms with van der Waals surface area (Å²) in [4.78, 5) is 41.7. The zero-order valence-electron chi connectivity index (χ0n) is 18.8. The van der Waals surface area contributed by atoms with Crippen molar-refractivity contribution >= 4 is 17.7 Å². The van der Waals surface area contributed by atoms with E-state index in [-0.39, 0.29) is 29.6 Å². The van der Waals surface area contributed by atoms with Crippen LogP contribution in [0.2, 0.25) is 0 Å². The second-order valence-electron chi connectivity index (χ2n) is 9.14. The molecule has 2 aliphatic heterocycles. The van der Waals surface area contributed by atoms with Gasteiger partial charge in [-0.3, -0.25) is 14.4 Å². The van der Waals surface area contributed by atoms with E-state index < -0.39 is 5.41 Å². The first-order chi connectivity index (χ1) is 14.9. The zero-order chi connectivity index (χ0) is 22.4. The first kappa shape index (κ1) is 23.0. The van der Waals surface area contributed by atoms with Gasteiger partial charge in [0.05, 0.1) is 5.41 Å². The molecule has 0 radical (unpaired) electrons. The number of likely N-dealkylation sites (tertiary alicyclic amines) is 2. The van der Waals surface area contributed by atoms with Crippen LogP contribution in [0.4, 0.5) is 0 Å². The highest BCUT2D eigenvalue weighted by Crippen LogP contribution is 2.38. The number of hydrogen-bond donors (Lipinski definition) is 1. The number of nitrogens with one attached hydrogen (secondary N) is 1. The van der Waals surface area contributed by atoms with Crippen molar-refractivity contribution in [3.63, 3.8) is 0 Å². The van der Waals surface area contributed by atoms with Gasteiger partial charge in [0.1, 0.15) is 0 Å². The van der Waals surface area contributed by atoms with Crippen molar-refractivity contribution in [3.8, 4) is 0 Å². The third kappa shape index (κ3) is 5.17. The number of carbonyl (C=O) groups excluding carboxylic acids is 3. The third-order valence-electron chi connectivity index (χ3n) is 6.73. The second kappa shape index (κ2) is 10.1. The monoisotopic (exact) mass is 425 g/mol. The Balaban J connectivity index is 1.75. The topological polar surface area (TPSA) is 69.7 Å². The molecule has 31 heavy (non-hydrogen) atoms. The molecule has 2 aliphatic rings. The molecule has 1 N–H and O–H groups in total. The van der Waals surface area contributed by atoms with Crippen LogP contribution in [-0.2, 0) is 19.8 Å². The SMILES string of the molecule is C=CC(=O)N1CCC(C(=O)N2CCCC(CNC(=O)C(C)C)C2)(c2ccccc2)CC1. The number of rotatable bonds is 6. The van der Waals surface area contributed by atoms with Crippen molar-refractivity contribution in [1.82, 2.24) is 15.1 Å². The van der Waals surface area contributed by atoms with Crippen LogP contribution in [0.25, 0.3) is 0 Å². The largest absolute Gasteiger partial charge is 0.356 e. The smallest absolute Gasteiger partial charge is 0.245 e. The third-order valence-corrected chi connectivity index (χ3v) is 6.73. The Hall–Kier alpha value is -2.63. The Bertz CT molecular complexity index is 797. The standard InChI is InChI=1S/C25H35N3O3/c1-4-22(29)27-15-12-25(13-16-27,21-10-6-5-7-11-21)24(31)28-14-8-9-20(18-28)17-26-23(30)19(2)3/h4-7,10-11,19-20H,1,8-9,12-18H2,2-3H3,(H,26,30). The lowest BCUT2D eigenvalue weighted by Gasteiger charge is -2.45. The van der Waals surface area contributed by atoms with Gasteiger partial charge in [-0.2, -0.15) is 0 Å². The molecule has 1 unspecified atom stereocenters. The number of amides is 3. The summed E-state index contributed by atoms with van der Waals surface area (Å²) in [7, 11) is 0. The molecule has 2 fully saturated rings. The molecule has 1 aromatic rings. The van der Waals surface area contributed by atoms with E-state index in [4.69, 9.17) is 0 Å². The molecule has 1 atom stereocenters. The van der Waals surface area contributed by atoms with Gasteiger partial charge < -0.3 is 15.1 Å². The number of carbonyl (C=O) groups is 3.